The lowest BCUT2D eigenvalue weighted by molar-refractivity contribution is -0.149. The zero-order valence-corrected chi connectivity index (χ0v) is 12.3. The number of pyridine rings is 1. The first-order chi connectivity index (χ1) is 11.2. The zero-order valence-electron chi connectivity index (χ0n) is 12.3. The molecule has 23 heavy (non-hydrogen) atoms. The van der Waals surface area contributed by atoms with Gasteiger partial charge in [0.15, 0.2) is 0 Å². The number of carbonyl (C=O) groups excluding carboxylic acids is 2. The van der Waals surface area contributed by atoms with Crippen molar-refractivity contribution in [3.8, 4) is 0 Å². The summed E-state index contributed by atoms with van der Waals surface area (Å²) in [6, 6.07) is 11.1. The summed E-state index contributed by atoms with van der Waals surface area (Å²) in [7, 11) is 1.90. The number of para-hydroxylation sites is 1. The standard InChI is InChI=1S/C18H12N2O3/c1-20-10-13(12-4-2-3-5-14(12)20)16-15(17(21)23-18(16)22)11-6-8-19-9-7-11/h2-10H,1H3. The van der Waals surface area contributed by atoms with Crippen molar-refractivity contribution < 1.29 is 14.3 Å². The second-order valence-corrected chi connectivity index (χ2v) is 5.33. The summed E-state index contributed by atoms with van der Waals surface area (Å²) in [4.78, 5) is 28.4. The first-order valence-corrected chi connectivity index (χ1v) is 7.12. The number of hydrogen-bond acceptors (Lipinski definition) is 4. The third kappa shape index (κ3) is 1.97. The minimum Gasteiger partial charge on any atom is -0.386 e. The van der Waals surface area contributed by atoms with Crippen molar-refractivity contribution in [2.75, 3.05) is 0 Å². The van der Waals surface area contributed by atoms with Crippen LogP contribution >= 0.6 is 0 Å². The lowest BCUT2D eigenvalue weighted by atomic mass is 9.96. The number of nitrogens with zero attached hydrogens (tertiary/aromatic N) is 2. The summed E-state index contributed by atoms with van der Waals surface area (Å²) in [5.74, 6) is -1.23. The highest BCUT2D eigenvalue weighted by Gasteiger charge is 2.36. The van der Waals surface area contributed by atoms with Crippen LogP contribution in [0.2, 0.25) is 0 Å². The molecule has 0 fully saturated rings. The van der Waals surface area contributed by atoms with Crippen molar-refractivity contribution in [3.63, 3.8) is 0 Å². The van der Waals surface area contributed by atoms with Crippen LogP contribution in [0.3, 0.4) is 0 Å². The number of ether oxygens (including phenoxy) is 1. The molecule has 2 aromatic heterocycles. The van der Waals surface area contributed by atoms with Gasteiger partial charge in [-0.1, -0.05) is 18.2 Å². The molecule has 0 spiro atoms. The molecule has 0 amide bonds. The van der Waals surface area contributed by atoms with Crippen LogP contribution in [-0.4, -0.2) is 21.5 Å². The first-order valence-electron chi connectivity index (χ1n) is 7.12. The molecule has 0 unspecified atom stereocenters. The van der Waals surface area contributed by atoms with Gasteiger partial charge in [-0.25, -0.2) is 9.59 Å². The third-order valence-corrected chi connectivity index (χ3v) is 3.98. The molecule has 1 aliphatic rings. The van der Waals surface area contributed by atoms with E-state index in [9.17, 15) is 9.59 Å². The number of carbonyl (C=O) groups is 2. The molecule has 1 aliphatic heterocycles. The monoisotopic (exact) mass is 304 g/mol. The van der Waals surface area contributed by atoms with Gasteiger partial charge in [0.1, 0.15) is 0 Å². The Bertz CT molecular complexity index is 984. The molecule has 112 valence electrons. The predicted molar refractivity (Wildman–Crippen MR) is 85.1 cm³/mol. The molecule has 0 N–H and O–H groups in total. The Morgan fingerprint density at radius 3 is 2.43 bits per heavy atom. The molecule has 0 radical (unpaired) electrons. The van der Waals surface area contributed by atoms with Gasteiger partial charge in [0.25, 0.3) is 0 Å². The fourth-order valence-electron chi connectivity index (χ4n) is 2.96. The SMILES string of the molecule is Cn1cc(C2=C(c3ccncc3)C(=O)OC2=O)c2ccccc21. The molecule has 0 saturated heterocycles. The van der Waals surface area contributed by atoms with E-state index >= 15 is 0 Å². The highest BCUT2D eigenvalue weighted by atomic mass is 16.6. The van der Waals surface area contributed by atoms with E-state index in [1.54, 1.807) is 24.5 Å². The van der Waals surface area contributed by atoms with Gasteiger partial charge in [0.05, 0.1) is 11.1 Å². The van der Waals surface area contributed by atoms with Gasteiger partial charge in [-0.15, -0.1) is 0 Å². The smallest absolute Gasteiger partial charge is 0.347 e. The van der Waals surface area contributed by atoms with Crippen LogP contribution in [0.5, 0.6) is 0 Å². The fraction of sp³-hybridized carbons (Fsp3) is 0.0556. The van der Waals surface area contributed by atoms with Crippen molar-refractivity contribution in [1.82, 2.24) is 9.55 Å². The van der Waals surface area contributed by atoms with Crippen LogP contribution in [0.15, 0.2) is 55.0 Å². The highest BCUT2D eigenvalue weighted by molar-refractivity contribution is 6.45. The maximum absolute atomic E-state index is 12.3. The predicted octanol–water partition coefficient (Wildman–Crippen LogP) is 2.57. The van der Waals surface area contributed by atoms with E-state index in [-0.39, 0.29) is 5.57 Å². The number of benzene rings is 1. The van der Waals surface area contributed by atoms with Gasteiger partial charge < -0.3 is 9.30 Å². The van der Waals surface area contributed by atoms with E-state index in [0.29, 0.717) is 16.7 Å². The Kier molecular flexibility index (Phi) is 2.87. The Labute approximate surface area is 131 Å². The Hall–Kier alpha value is -3.21. The van der Waals surface area contributed by atoms with Crippen molar-refractivity contribution in [2.24, 2.45) is 7.05 Å². The molecule has 4 rings (SSSR count). The summed E-state index contributed by atoms with van der Waals surface area (Å²) in [6.07, 6.45) is 5.01. The van der Waals surface area contributed by atoms with Crippen LogP contribution in [0, 0.1) is 0 Å². The number of aromatic nitrogens is 2. The number of aryl methyl sites for hydroxylation is 1. The van der Waals surface area contributed by atoms with Crippen molar-refractivity contribution >= 4 is 34.0 Å². The molecule has 0 bridgehead atoms. The Morgan fingerprint density at radius 2 is 1.65 bits per heavy atom. The van der Waals surface area contributed by atoms with Crippen molar-refractivity contribution in [3.05, 3.63) is 66.1 Å². The van der Waals surface area contributed by atoms with Crippen LogP contribution in [0.1, 0.15) is 11.1 Å². The summed E-state index contributed by atoms with van der Waals surface area (Å²) in [6.45, 7) is 0. The molecule has 3 heterocycles. The van der Waals surface area contributed by atoms with Gasteiger partial charge in [-0.3, -0.25) is 4.98 Å². The summed E-state index contributed by atoms with van der Waals surface area (Å²) in [5, 5.41) is 0.906. The van der Waals surface area contributed by atoms with Gasteiger partial charge in [-0.05, 0) is 23.8 Å². The molecular weight excluding hydrogens is 292 g/mol. The van der Waals surface area contributed by atoms with Gasteiger partial charge in [0.2, 0.25) is 0 Å². The lowest BCUT2D eigenvalue weighted by Crippen LogP contribution is -2.01. The second-order valence-electron chi connectivity index (χ2n) is 5.33. The van der Waals surface area contributed by atoms with E-state index in [2.05, 4.69) is 4.98 Å². The fourth-order valence-corrected chi connectivity index (χ4v) is 2.96. The molecule has 3 aromatic rings. The average Bonchev–Trinajstić information content (AvgIpc) is 3.05. The van der Waals surface area contributed by atoms with Crippen LogP contribution < -0.4 is 0 Å². The number of hydrogen-bond donors (Lipinski definition) is 0. The van der Waals surface area contributed by atoms with E-state index in [4.69, 9.17) is 4.74 Å². The van der Waals surface area contributed by atoms with Gasteiger partial charge in [0, 0.05) is 42.1 Å². The zero-order chi connectivity index (χ0) is 16.0. The van der Waals surface area contributed by atoms with Crippen molar-refractivity contribution in [1.29, 1.82) is 0 Å². The summed E-state index contributed by atoms with van der Waals surface area (Å²) in [5.41, 5.74) is 2.90. The third-order valence-electron chi connectivity index (χ3n) is 3.98. The minimum atomic E-state index is -0.621. The molecule has 0 atom stereocenters. The van der Waals surface area contributed by atoms with E-state index < -0.39 is 11.9 Å². The molecule has 5 heteroatoms. The largest absolute Gasteiger partial charge is 0.386 e. The minimum absolute atomic E-state index is 0.286. The highest BCUT2D eigenvalue weighted by Crippen LogP contribution is 2.37. The molecule has 1 aromatic carbocycles. The molecule has 0 saturated carbocycles. The quantitative estimate of drug-likeness (QED) is 0.539. The van der Waals surface area contributed by atoms with Crippen LogP contribution in [0.4, 0.5) is 0 Å². The number of fused-ring (bicyclic) bond motifs is 1. The van der Waals surface area contributed by atoms with Gasteiger partial charge >= 0.3 is 11.9 Å². The lowest BCUT2D eigenvalue weighted by Gasteiger charge is -2.01. The number of cyclic esters (lactones) is 2. The first kappa shape index (κ1) is 13.5. The second kappa shape index (κ2) is 4.91. The number of esters is 2. The molecule has 5 nitrogen and oxygen atoms in total. The van der Waals surface area contributed by atoms with Gasteiger partial charge in [-0.2, -0.15) is 0 Å². The Balaban J connectivity index is 2.05. The molecular formula is C18H12N2O3. The van der Waals surface area contributed by atoms with Crippen LogP contribution in [0.25, 0.3) is 22.0 Å². The summed E-state index contributed by atoms with van der Waals surface area (Å²) < 4.78 is 6.80. The van der Waals surface area contributed by atoms with Crippen molar-refractivity contribution in [2.45, 2.75) is 0 Å². The van der Waals surface area contributed by atoms with Crippen LogP contribution in [-0.2, 0) is 21.4 Å². The van der Waals surface area contributed by atoms with E-state index in [1.165, 1.54) is 0 Å². The average molecular weight is 304 g/mol. The maximum atomic E-state index is 12.3. The maximum Gasteiger partial charge on any atom is 0.347 e. The van der Waals surface area contributed by atoms with E-state index in [0.717, 1.165) is 10.9 Å². The topological polar surface area (TPSA) is 61.2 Å². The Morgan fingerprint density at radius 1 is 0.957 bits per heavy atom. The van der Waals surface area contributed by atoms with E-state index in [1.807, 2.05) is 42.1 Å². The molecule has 0 aliphatic carbocycles. The normalized spacial score (nSPS) is 14.7. The number of rotatable bonds is 2. The summed E-state index contributed by atoms with van der Waals surface area (Å²) >= 11 is 0.